The van der Waals surface area contributed by atoms with E-state index in [4.69, 9.17) is 19.4 Å². The molecule has 43 heavy (non-hydrogen) atoms. The molecule has 0 unspecified atom stereocenters. The largest absolute Gasteiger partial charge is 0.461 e. The zero-order chi connectivity index (χ0) is 29.8. The van der Waals surface area contributed by atoms with Crippen molar-refractivity contribution < 1.29 is 14.3 Å². The van der Waals surface area contributed by atoms with Gasteiger partial charge in [0.25, 0.3) is 0 Å². The average molecular weight is 582 g/mol. The molecule has 1 N–H and O–H groups in total. The van der Waals surface area contributed by atoms with Gasteiger partial charge in [0.1, 0.15) is 12.4 Å². The van der Waals surface area contributed by atoms with E-state index in [1.54, 1.807) is 4.90 Å². The molecule has 2 aromatic carbocycles. The molecule has 1 saturated heterocycles. The zero-order valence-electron chi connectivity index (χ0n) is 24.8. The molecule has 3 heterocycles. The molecule has 3 aromatic rings. The first-order chi connectivity index (χ1) is 21.0. The number of hydrogen-bond donors (Lipinski definition) is 1. The maximum atomic E-state index is 12.5. The van der Waals surface area contributed by atoms with E-state index in [2.05, 4.69) is 70.2 Å². The second kappa shape index (κ2) is 12.6. The zero-order valence-corrected chi connectivity index (χ0v) is 24.8. The van der Waals surface area contributed by atoms with Crippen LogP contribution in [0.15, 0.2) is 55.1 Å². The van der Waals surface area contributed by atoms with Crippen molar-refractivity contribution in [3.63, 3.8) is 0 Å². The lowest BCUT2D eigenvalue weighted by Gasteiger charge is -2.42. The van der Waals surface area contributed by atoms with Crippen molar-refractivity contribution in [3.05, 3.63) is 66.4 Å². The van der Waals surface area contributed by atoms with Gasteiger partial charge in [-0.2, -0.15) is 15.2 Å². The van der Waals surface area contributed by atoms with Gasteiger partial charge in [-0.25, -0.2) is 0 Å². The standard InChI is InChI=1S/C33H39N7O3/c1-3-30(41)40-18-17-39(21-25(40)11-15-34)31-27-12-16-38(29-10-6-8-24-7-4-5-9-26(24)29)22-28(27)36-32(37-31)43-20-19-42-23-33(35-2)13-14-33/h3-10,25,35H,1,11-14,16-23H2,2H3/t25-/m0/s1. The van der Waals surface area contributed by atoms with Crippen LogP contribution in [0.1, 0.15) is 30.5 Å². The molecule has 0 radical (unpaired) electrons. The number of likely N-dealkylation sites (N-methyl/N-ethyl adjacent to an activating group) is 1. The van der Waals surface area contributed by atoms with Crippen LogP contribution in [0.4, 0.5) is 11.5 Å². The van der Waals surface area contributed by atoms with Crippen LogP contribution in [0.3, 0.4) is 0 Å². The van der Waals surface area contributed by atoms with Gasteiger partial charge < -0.3 is 29.5 Å². The molecule has 1 aromatic heterocycles. The number of amides is 1. The first kappa shape index (κ1) is 28.9. The third-order valence-corrected chi connectivity index (χ3v) is 8.92. The van der Waals surface area contributed by atoms with Gasteiger partial charge in [-0.3, -0.25) is 4.79 Å². The number of hydrogen-bond acceptors (Lipinski definition) is 9. The topological polar surface area (TPSA) is 107 Å². The molecule has 0 bridgehead atoms. The van der Waals surface area contributed by atoms with Gasteiger partial charge in [-0.15, -0.1) is 0 Å². The summed E-state index contributed by atoms with van der Waals surface area (Å²) in [6, 6.07) is 17.2. The van der Waals surface area contributed by atoms with Gasteiger partial charge in [0.15, 0.2) is 0 Å². The first-order valence-corrected chi connectivity index (χ1v) is 15.1. The van der Waals surface area contributed by atoms with Crippen LogP contribution in [0.2, 0.25) is 0 Å². The number of rotatable bonds is 11. The van der Waals surface area contributed by atoms with E-state index in [9.17, 15) is 10.1 Å². The van der Waals surface area contributed by atoms with E-state index in [-0.39, 0.29) is 23.9 Å². The normalized spacial score (nSPS) is 19.1. The number of nitrogens with zero attached hydrogens (tertiary/aromatic N) is 6. The van der Waals surface area contributed by atoms with Crippen molar-refractivity contribution in [2.75, 3.05) is 62.8 Å². The summed E-state index contributed by atoms with van der Waals surface area (Å²) >= 11 is 0. The number of carbonyl (C=O) groups is 1. The summed E-state index contributed by atoms with van der Waals surface area (Å²) in [5.74, 6) is 0.685. The fourth-order valence-electron chi connectivity index (χ4n) is 6.22. The van der Waals surface area contributed by atoms with E-state index < -0.39 is 0 Å². The van der Waals surface area contributed by atoms with Crippen molar-refractivity contribution in [2.45, 2.75) is 43.8 Å². The number of anilines is 2. The van der Waals surface area contributed by atoms with E-state index in [0.717, 1.165) is 42.9 Å². The summed E-state index contributed by atoms with van der Waals surface area (Å²) in [6.45, 7) is 8.19. The second-order valence-electron chi connectivity index (χ2n) is 11.6. The van der Waals surface area contributed by atoms with Crippen molar-refractivity contribution in [1.29, 1.82) is 5.26 Å². The average Bonchev–Trinajstić information content (AvgIpc) is 3.83. The fraction of sp³-hybridized carbons (Fsp3) is 0.455. The monoisotopic (exact) mass is 581 g/mol. The van der Waals surface area contributed by atoms with Crippen LogP contribution in [0.5, 0.6) is 6.01 Å². The van der Waals surface area contributed by atoms with Crippen LogP contribution in [-0.4, -0.2) is 85.4 Å². The van der Waals surface area contributed by atoms with Gasteiger partial charge in [0, 0.05) is 48.4 Å². The summed E-state index contributed by atoms with van der Waals surface area (Å²) < 4.78 is 12.0. The molecule has 2 fully saturated rings. The minimum Gasteiger partial charge on any atom is -0.461 e. The second-order valence-corrected chi connectivity index (χ2v) is 11.6. The smallest absolute Gasteiger partial charge is 0.318 e. The maximum Gasteiger partial charge on any atom is 0.318 e. The molecular formula is C33H39N7O3. The van der Waals surface area contributed by atoms with Gasteiger partial charge >= 0.3 is 6.01 Å². The Morgan fingerprint density at radius 1 is 1.14 bits per heavy atom. The molecular weight excluding hydrogens is 542 g/mol. The summed E-state index contributed by atoms with van der Waals surface area (Å²) in [7, 11) is 1.98. The number of nitriles is 1. The highest BCUT2D eigenvalue weighted by Crippen LogP contribution is 2.36. The summed E-state index contributed by atoms with van der Waals surface area (Å²) in [5, 5.41) is 15.3. The van der Waals surface area contributed by atoms with Crippen LogP contribution < -0.4 is 19.9 Å². The lowest BCUT2D eigenvalue weighted by molar-refractivity contribution is -0.128. The SMILES string of the molecule is C=CC(=O)N1CCN(c2nc(OCCOCC3(NC)CC3)nc3c2CCN(c2cccc4ccccc24)C3)C[C@@H]1CC#N. The number of ether oxygens (including phenoxy) is 2. The van der Waals surface area contributed by atoms with Crippen LogP contribution in [0, 0.1) is 11.3 Å². The molecule has 1 atom stereocenters. The third kappa shape index (κ3) is 6.14. The van der Waals surface area contributed by atoms with E-state index >= 15 is 0 Å². The van der Waals surface area contributed by atoms with E-state index in [1.165, 1.54) is 22.5 Å². The molecule has 2 aliphatic heterocycles. The predicted molar refractivity (Wildman–Crippen MR) is 166 cm³/mol. The van der Waals surface area contributed by atoms with Crippen LogP contribution in [-0.2, 0) is 22.5 Å². The molecule has 0 spiro atoms. The Morgan fingerprint density at radius 2 is 1.98 bits per heavy atom. The Kier molecular flexibility index (Phi) is 8.45. The Hall–Kier alpha value is -4.20. The number of piperazine rings is 1. The Labute approximate surface area is 252 Å². The van der Waals surface area contributed by atoms with Crippen molar-refractivity contribution in [2.24, 2.45) is 0 Å². The number of aromatic nitrogens is 2. The molecule has 1 amide bonds. The molecule has 224 valence electrons. The number of benzene rings is 2. The summed E-state index contributed by atoms with van der Waals surface area (Å²) in [5.41, 5.74) is 3.34. The van der Waals surface area contributed by atoms with Gasteiger partial charge in [-0.1, -0.05) is 43.0 Å². The quantitative estimate of drug-likeness (QED) is 0.269. The lowest BCUT2D eigenvalue weighted by Crippen LogP contribution is -2.55. The Morgan fingerprint density at radius 3 is 2.77 bits per heavy atom. The first-order valence-electron chi connectivity index (χ1n) is 15.1. The van der Waals surface area contributed by atoms with E-state index in [1.807, 2.05) is 7.05 Å². The molecule has 6 rings (SSSR count). The maximum absolute atomic E-state index is 12.5. The van der Waals surface area contributed by atoms with Gasteiger partial charge in [0.05, 0.1) is 44.0 Å². The molecule has 10 heteroatoms. The highest BCUT2D eigenvalue weighted by atomic mass is 16.5. The van der Waals surface area contributed by atoms with Gasteiger partial charge in [-0.05, 0) is 43.8 Å². The predicted octanol–water partition coefficient (Wildman–Crippen LogP) is 3.46. The van der Waals surface area contributed by atoms with Gasteiger partial charge in [0.2, 0.25) is 5.91 Å². The summed E-state index contributed by atoms with van der Waals surface area (Å²) in [6.07, 6.45) is 4.61. The number of fused-ring (bicyclic) bond motifs is 2. The molecule has 10 nitrogen and oxygen atoms in total. The number of nitrogens with one attached hydrogen (secondary N) is 1. The molecule has 1 aliphatic carbocycles. The van der Waals surface area contributed by atoms with Crippen LogP contribution >= 0.6 is 0 Å². The number of carbonyl (C=O) groups excluding carboxylic acids is 1. The minimum absolute atomic E-state index is 0.121. The molecule has 3 aliphatic rings. The Bertz CT molecular complexity index is 1530. The molecule has 1 saturated carbocycles. The fourth-order valence-corrected chi connectivity index (χ4v) is 6.22. The van der Waals surface area contributed by atoms with Crippen molar-refractivity contribution in [1.82, 2.24) is 20.2 Å². The third-order valence-electron chi connectivity index (χ3n) is 8.92. The van der Waals surface area contributed by atoms with E-state index in [0.29, 0.717) is 52.0 Å². The lowest BCUT2D eigenvalue weighted by atomic mass is 10.0. The minimum atomic E-state index is -0.245. The Balaban J connectivity index is 1.26. The van der Waals surface area contributed by atoms with Crippen molar-refractivity contribution >= 4 is 28.2 Å². The van der Waals surface area contributed by atoms with Crippen molar-refractivity contribution in [3.8, 4) is 12.1 Å². The van der Waals surface area contributed by atoms with Crippen LogP contribution in [0.25, 0.3) is 10.8 Å². The highest BCUT2D eigenvalue weighted by molar-refractivity contribution is 5.94. The summed E-state index contributed by atoms with van der Waals surface area (Å²) in [4.78, 5) is 28.7. The highest BCUT2D eigenvalue weighted by Gasteiger charge is 2.41.